The highest BCUT2D eigenvalue weighted by Gasteiger charge is 2.23. The van der Waals surface area contributed by atoms with Crippen LogP contribution in [-0.2, 0) is 17.6 Å². The van der Waals surface area contributed by atoms with E-state index in [-0.39, 0.29) is 17.2 Å². The summed E-state index contributed by atoms with van der Waals surface area (Å²) in [4.78, 5) is 33.4. The zero-order valence-electron chi connectivity index (χ0n) is 21.6. The lowest BCUT2D eigenvalue weighted by molar-refractivity contribution is -0.118. The fourth-order valence-corrected chi connectivity index (χ4v) is 6.82. The third-order valence-corrected chi connectivity index (χ3v) is 8.67. The molecule has 2 heterocycles. The lowest BCUT2D eigenvalue weighted by Gasteiger charge is -2.13. The molecule has 0 saturated heterocycles. The number of aromatic nitrogens is 2. The van der Waals surface area contributed by atoms with Crippen molar-refractivity contribution in [3.8, 4) is 17.2 Å². The summed E-state index contributed by atoms with van der Waals surface area (Å²) in [5.74, 6) is 1.18. The van der Waals surface area contributed by atoms with Gasteiger partial charge >= 0.3 is 0 Å². The Morgan fingerprint density at radius 3 is 2.58 bits per heavy atom. The van der Waals surface area contributed by atoms with Gasteiger partial charge in [0, 0.05) is 4.88 Å². The number of hydrogen-bond donors (Lipinski definition) is 1. The number of benzene rings is 3. The van der Waals surface area contributed by atoms with Gasteiger partial charge in [0.1, 0.15) is 16.3 Å². The van der Waals surface area contributed by atoms with Crippen LogP contribution in [0.15, 0.2) is 100.0 Å². The summed E-state index contributed by atoms with van der Waals surface area (Å²) in [7, 11) is 0. The Labute approximate surface area is 239 Å². The molecule has 7 nitrogen and oxygen atoms in total. The first kappa shape index (κ1) is 26.0. The van der Waals surface area contributed by atoms with E-state index < -0.39 is 0 Å². The van der Waals surface area contributed by atoms with Gasteiger partial charge in [0.2, 0.25) is 0 Å². The zero-order chi connectivity index (χ0) is 27.3. The number of rotatable bonds is 8. The lowest BCUT2D eigenvalue weighted by Crippen LogP contribution is -2.24. The number of thiophene rings is 1. The van der Waals surface area contributed by atoms with Gasteiger partial charge in [0.25, 0.3) is 11.5 Å². The second-order valence-electron chi connectivity index (χ2n) is 9.33. The quantitative estimate of drug-likeness (QED) is 0.102. The molecule has 0 bridgehead atoms. The number of hydrazone groups is 1. The van der Waals surface area contributed by atoms with Crippen LogP contribution in [0.5, 0.6) is 11.5 Å². The molecule has 0 spiro atoms. The monoisotopic (exact) mass is 566 g/mol. The summed E-state index contributed by atoms with van der Waals surface area (Å²) < 4.78 is 7.49. The van der Waals surface area contributed by atoms with E-state index in [2.05, 4.69) is 10.5 Å². The highest BCUT2D eigenvalue weighted by Crippen LogP contribution is 2.35. The molecule has 1 aliphatic carbocycles. The smallest absolute Gasteiger partial charge is 0.267 e. The molecule has 3 aromatic carbocycles. The number of ether oxygens (including phenoxy) is 1. The van der Waals surface area contributed by atoms with E-state index in [0.29, 0.717) is 10.9 Å². The molecule has 6 rings (SSSR count). The fraction of sp³-hybridized carbons (Fsp3) is 0.161. The van der Waals surface area contributed by atoms with Crippen LogP contribution in [0, 0.1) is 0 Å². The van der Waals surface area contributed by atoms with Crippen LogP contribution < -0.4 is 15.7 Å². The van der Waals surface area contributed by atoms with Gasteiger partial charge < -0.3 is 4.74 Å². The average molecular weight is 567 g/mol. The number of para-hydroxylation sites is 2. The second-order valence-corrected chi connectivity index (χ2v) is 11.4. The highest BCUT2D eigenvalue weighted by molar-refractivity contribution is 7.99. The maximum Gasteiger partial charge on any atom is 0.267 e. The van der Waals surface area contributed by atoms with Gasteiger partial charge in [-0.25, -0.2) is 10.4 Å². The summed E-state index contributed by atoms with van der Waals surface area (Å²) >= 11 is 2.83. The summed E-state index contributed by atoms with van der Waals surface area (Å²) in [6.07, 6.45) is 5.70. The zero-order valence-corrected chi connectivity index (χ0v) is 23.2. The summed E-state index contributed by atoms with van der Waals surface area (Å²) in [6, 6.07) is 26.4. The van der Waals surface area contributed by atoms with Gasteiger partial charge in [-0.3, -0.25) is 14.2 Å². The number of carbonyl (C=O) groups is 1. The molecular weight excluding hydrogens is 541 g/mol. The van der Waals surface area contributed by atoms with Crippen molar-refractivity contribution in [2.75, 3.05) is 5.75 Å². The van der Waals surface area contributed by atoms with Crippen LogP contribution in [0.1, 0.15) is 28.8 Å². The van der Waals surface area contributed by atoms with Crippen LogP contribution in [0.2, 0.25) is 0 Å². The Bertz CT molecular complexity index is 1750. The van der Waals surface area contributed by atoms with Crippen molar-refractivity contribution in [3.05, 3.63) is 111 Å². The van der Waals surface area contributed by atoms with Crippen molar-refractivity contribution in [1.82, 2.24) is 15.0 Å². The summed E-state index contributed by atoms with van der Waals surface area (Å²) in [5.41, 5.74) is 5.17. The normalized spacial score (nSPS) is 12.9. The third-order valence-electron chi connectivity index (χ3n) is 6.54. The van der Waals surface area contributed by atoms with Gasteiger partial charge in [-0.1, -0.05) is 60.3 Å². The predicted octanol–water partition coefficient (Wildman–Crippen LogP) is 6.36. The summed E-state index contributed by atoms with van der Waals surface area (Å²) in [5, 5.41) is 5.33. The third kappa shape index (κ3) is 5.71. The molecule has 0 saturated carbocycles. The minimum absolute atomic E-state index is 0.0599. The van der Waals surface area contributed by atoms with Gasteiger partial charge in [-0.2, -0.15) is 5.10 Å². The number of nitrogens with one attached hydrogen (secondary N) is 1. The van der Waals surface area contributed by atoms with Crippen molar-refractivity contribution in [2.45, 2.75) is 30.8 Å². The summed E-state index contributed by atoms with van der Waals surface area (Å²) in [6.45, 7) is 0. The van der Waals surface area contributed by atoms with Gasteiger partial charge in [0.05, 0.1) is 23.0 Å². The van der Waals surface area contributed by atoms with Crippen molar-refractivity contribution in [1.29, 1.82) is 0 Å². The number of thioether (sulfide) groups is 1. The first-order valence-corrected chi connectivity index (χ1v) is 14.9. The highest BCUT2D eigenvalue weighted by atomic mass is 32.2. The maximum atomic E-state index is 13.8. The van der Waals surface area contributed by atoms with Crippen LogP contribution in [-0.4, -0.2) is 27.4 Å². The van der Waals surface area contributed by atoms with Crippen LogP contribution in [0.3, 0.4) is 0 Å². The number of amides is 1. The molecule has 0 atom stereocenters. The fourth-order valence-electron chi connectivity index (χ4n) is 4.71. The van der Waals surface area contributed by atoms with E-state index in [1.165, 1.54) is 16.6 Å². The van der Waals surface area contributed by atoms with Crippen molar-refractivity contribution in [3.63, 3.8) is 0 Å². The molecule has 0 unspecified atom stereocenters. The van der Waals surface area contributed by atoms with Crippen LogP contribution in [0.25, 0.3) is 15.9 Å². The molecule has 1 aliphatic rings. The minimum atomic E-state index is -0.294. The largest absolute Gasteiger partial charge is 0.457 e. The van der Waals surface area contributed by atoms with Crippen molar-refractivity contribution in [2.24, 2.45) is 5.10 Å². The molecular formula is C31H26N4O3S2. The lowest BCUT2D eigenvalue weighted by atomic mass is 9.97. The van der Waals surface area contributed by atoms with Gasteiger partial charge in [-0.05, 0) is 73.2 Å². The second kappa shape index (κ2) is 11.9. The Kier molecular flexibility index (Phi) is 7.74. The van der Waals surface area contributed by atoms with Gasteiger partial charge in [0.15, 0.2) is 5.16 Å². The molecule has 0 aliphatic heterocycles. The molecule has 2 aromatic heterocycles. The van der Waals surface area contributed by atoms with Crippen molar-refractivity contribution < 1.29 is 9.53 Å². The minimum Gasteiger partial charge on any atom is -0.457 e. The number of carbonyl (C=O) groups excluding carboxylic acids is 1. The maximum absolute atomic E-state index is 13.8. The molecule has 40 heavy (non-hydrogen) atoms. The van der Waals surface area contributed by atoms with E-state index in [1.807, 2.05) is 84.9 Å². The first-order chi connectivity index (χ1) is 19.7. The number of fused-ring (bicyclic) bond motifs is 3. The molecule has 9 heteroatoms. The number of aryl methyl sites for hydroxylation is 2. The molecule has 0 fully saturated rings. The van der Waals surface area contributed by atoms with Crippen LogP contribution in [0.4, 0.5) is 0 Å². The predicted molar refractivity (Wildman–Crippen MR) is 161 cm³/mol. The molecule has 1 N–H and O–H groups in total. The molecule has 1 amide bonds. The molecule has 0 radical (unpaired) electrons. The van der Waals surface area contributed by atoms with Gasteiger partial charge in [-0.15, -0.1) is 11.3 Å². The standard InChI is InChI=1S/C31H26N4O3S2/c36-27(34-32-19-21-10-9-15-24(18-21)38-23-13-5-2-6-14-23)20-39-31-33-29-28(25-16-7-8-17-26(25)40-29)30(37)35(31)22-11-3-1-4-12-22/h1-6,9-15,18-19H,7-8,16-17,20H2,(H,34,36). The van der Waals surface area contributed by atoms with E-state index in [0.717, 1.165) is 58.5 Å². The van der Waals surface area contributed by atoms with E-state index in [4.69, 9.17) is 9.72 Å². The SMILES string of the molecule is O=C(CSc1nc2sc3c(c2c(=O)n1-c1ccccc1)CCCC3)NN=Cc1cccc(Oc2ccccc2)c1. The molecule has 5 aromatic rings. The first-order valence-electron chi connectivity index (χ1n) is 13.1. The molecule has 200 valence electrons. The Morgan fingerprint density at radius 2 is 1.75 bits per heavy atom. The number of nitrogens with zero attached hydrogens (tertiary/aromatic N) is 3. The number of hydrogen-bond acceptors (Lipinski definition) is 7. The Hall–Kier alpha value is -4.21. The van der Waals surface area contributed by atoms with E-state index in [1.54, 1.807) is 22.1 Å². The Morgan fingerprint density at radius 1 is 1.00 bits per heavy atom. The topological polar surface area (TPSA) is 85.6 Å². The Balaban J connectivity index is 1.18. The van der Waals surface area contributed by atoms with E-state index in [9.17, 15) is 9.59 Å². The average Bonchev–Trinajstić information content (AvgIpc) is 3.36. The van der Waals surface area contributed by atoms with Crippen LogP contribution >= 0.6 is 23.1 Å². The van der Waals surface area contributed by atoms with E-state index >= 15 is 0 Å². The van der Waals surface area contributed by atoms with Crippen molar-refractivity contribution >= 4 is 45.4 Å².